The molecule has 0 heterocycles. The van der Waals surface area contributed by atoms with E-state index in [1.165, 1.54) is 17.5 Å². The maximum absolute atomic E-state index is 12.2. The Morgan fingerprint density at radius 2 is 1.63 bits per heavy atom. The normalized spacial score (nSPS) is 19.3. The molecule has 27 heavy (non-hydrogen) atoms. The van der Waals surface area contributed by atoms with Crippen molar-refractivity contribution in [1.29, 1.82) is 0 Å². The van der Waals surface area contributed by atoms with E-state index in [9.17, 15) is 9.32 Å². The molecular formula is C24H28O2S. The lowest BCUT2D eigenvalue weighted by Crippen LogP contribution is -2.34. The summed E-state index contributed by atoms with van der Waals surface area (Å²) in [5.74, 6) is 5.99. The van der Waals surface area contributed by atoms with Crippen molar-refractivity contribution < 1.29 is 9.32 Å². The molecule has 1 aliphatic carbocycles. The molecule has 0 bridgehead atoms. The molecule has 2 atom stereocenters. The van der Waals surface area contributed by atoms with Crippen LogP contribution in [-0.2, 0) is 21.6 Å². The third-order valence-corrected chi connectivity index (χ3v) is 6.85. The lowest BCUT2D eigenvalue weighted by molar-refractivity contribution is 0.237. The third kappa shape index (κ3) is 4.34. The molecule has 2 aromatic rings. The van der Waals surface area contributed by atoms with Crippen LogP contribution in [0.25, 0.3) is 0 Å². The predicted octanol–water partition coefficient (Wildman–Crippen LogP) is 4.88. The Bertz CT molecular complexity index is 901. The van der Waals surface area contributed by atoms with Crippen molar-refractivity contribution in [3.05, 3.63) is 65.2 Å². The van der Waals surface area contributed by atoms with Crippen molar-refractivity contribution >= 4 is 10.8 Å². The van der Waals surface area contributed by atoms with E-state index in [0.717, 1.165) is 16.9 Å². The first-order chi connectivity index (χ1) is 12.7. The summed E-state index contributed by atoms with van der Waals surface area (Å²) in [5.41, 5.74) is 3.76. The van der Waals surface area contributed by atoms with Gasteiger partial charge in [-0.3, -0.25) is 4.21 Å². The van der Waals surface area contributed by atoms with Gasteiger partial charge in [0.15, 0.2) is 0 Å². The Kier molecular flexibility index (Phi) is 5.60. The highest BCUT2D eigenvalue weighted by Crippen LogP contribution is 2.46. The van der Waals surface area contributed by atoms with Gasteiger partial charge < -0.3 is 5.11 Å². The number of benzene rings is 2. The van der Waals surface area contributed by atoms with E-state index in [0.29, 0.717) is 0 Å². The van der Waals surface area contributed by atoms with E-state index in [1.54, 1.807) is 0 Å². The highest BCUT2D eigenvalue weighted by molar-refractivity contribution is 7.85. The number of aliphatic hydroxyl groups excluding tert-OH is 1. The zero-order valence-electron chi connectivity index (χ0n) is 16.6. The second-order valence-corrected chi connectivity index (χ2v) is 10.1. The molecule has 3 heteroatoms. The van der Waals surface area contributed by atoms with Gasteiger partial charge in [-0.2, -0.15) is 0 Å². The molecule has 0 aliphatic heterocycles. The highest BCUT2D eigenvalue weighted by Gasteiger charge is 2.37. The van der Waals surface area contributed by atoms with Gasteiger partial charge in [-0.25, -0.2) is 0 Å². The Morgan fingerprint density at radius 1 is 1.00 bits per heavy atom. The van der Waals surface area contributed by atoms with Gasteiger partial charge in [0.05, 0.1) is 16.6 Å². The smallest absolute Gasteiger partial charge is 0.140 e. The van der Waals surface area contributed by atoms with Crippen LogP contribution >= 0.6 is 0 Å². The maximum atomic E-state index is 12.2. The van der Waals surface area contributed by atoms with Gasteiger partial charge >= 0.3 is 0 Å². The maximum Gasteiger partial charge on any atom is 0.140 e. The van der Waals surface area contributed by atoms with Crippen LogP contribution in [0.1, 0.15) is 63.3 Å². The fraction of sp³-hybridized carbons (Fsp3) is 0.417. The first-order valence-electron chi connectivity index (χ1n) is 9.45. The Morgan fingerprint density at radius 3 is 2.30 bits per heavy atom. The molecule has 2 aromatic carbocycles. The van der Waals surface area contributed by atoms with Gasteiger partial charge in [0.25, 0.3) is 0 Å². The van der Waals surface area contributed by atoms with Crippen LogP contribution in [0.15, 0.2) is 53.4 Å². The third-order valence-electron chi connectivity index (χ3n) is 5.64. The first-order valence-corrected chi connectivity index (χ1v) is 10.8. The largest absolute Gasteiger partial charge is 0.376 e. The second kappa shape index (κ2) is 7.62. The van der Waals surface area contributed by atoms with Crippen LogP contribution in [0.3, 0.4) is 0 Å². The fourth-order valence-corrected chi connectivity index (χ4v) is 4.56. The van der Waals surface area contributed by atoms with E-state index in [1.807, 2.05) is 36.4 Å². The Labute approximate surface area is 165 Å². The monoisotopic (exact) mass is 380 g/mol. The lowest BCUT2D eigenvalue weighted by Gasteiger charge is -2.42. The van der Waals surface area contributed by atoms with Crippen molar-refractivity contribution in [1.82, 2.24) is 0 Å². The van der Waals surface area contributed by atoms with Crippen molar-refractivity contribution in [2.45, 2.75) is 62.4 Å². The van der Waals surface area contributed by atoms with Crippen molar-refractivity contribution in [3.8, 4) is 11.8 Å². The molecule has 0 fully saturated rings. The van der Waals surface area contributed by atoms with Gasteiger partial charge in [0, 0.05) is 4.90 Å². The number of hydrogen-bond acceptors (Lipinski definition) is 2. The molecule has 0 radical (unpaired) electrons. The van der Waals surface area contributed by atoms with E-state index in [-0.39, 0.29) is 16.6 Å². The van der Waals surface area contributed by atoms with E-state index >= 15 is 0 Å². The minimum atomic E-state index is -1.17. The fourth-order valence-electron chi connectivity index (χ4n) is 3.72. The van der Waals surface area contributed by atoms with Crippen molar-refractivity contribution in [2.75, 3.05) is 5.75 Å². The molecule has 0 saturated carbocycles. The number of rotatable bonds is 3. The molecule has 2 nitrogen and oxygen atoms in total. The Hall–Kier alpha value is -1.89. The predicted molar refractivity (Wildman–Crippen MR) is 112 cm³/mol. The first kappa shape index (κ1) is 19.9. The minimum absolute atomic E-state index is 0.100. The Balaban J connectivity index is 1.79. The molecular weight excluding hydrogens is 352 g/mol. The molecule has 0 spiro atoms. The standard InChI is InChI=1S/C24H28O2S/c1-23(2)14-15-24(3,4)21-17-18(12-13-20(21)23)22(25)11-8-16-27(26)19-9-6-5-7-10-19/h5-7,9-10,12-13,17,22,25H,14-16H2,1-4H3. The van der Waals surface area contributed by atoms with Gasteiger partial charge in [-0.05, 0) is 52.5 Å². The van der Waals surface area contributed by atoms with Crippen LogP contribution in [0.4, 0.5) is 0 Å². The van der Waals surface area contributed by atoms with Crippen LogP contribution in [-0.4, -0.2) is 15.1 Å². The molecule has 142 valence electrons. The van der Waals surface area contributed by atoms with E-state index in [4.69, 9.17) is 0 Å². The van der Waals surface area contributed by atoms with Crippen LogP contribution < -0.4 is 0 Å². The summed E-state index contributed by atoms with van der Waals surface area (Å²) in [6, 6.07) is 15.5. The molecule has 1 aliphatic rings. The summed E-state index contributed by atoms with van der Waals surface area (Å²) in [6.07, 6.45) is 1.44. The summed E-state index contributed by atoms with van der Waals surface area (Å²) in [7, 11) is -1.17. The van der Waals surface area contributed by atoms with Gasteiger partial charge in [-0.15, -0.1) is 0 Å². The van der Waals surface area contributed by atoms with E-state index < -0.39 is 16.9 Å². The van der Waals surface area contributed by atoms with Gasteiger partial charge in [0.2, 0.25) is 0 Å². The zero-order valence-corrected chi connectivity index (χ0v) is 17.4. The molecule has 1 N–H and O–H groups in total. The summed E-state index contributed by atoms with van der Waals surface area (Å²) in [5, 5.41) is 10.5. The zero-order chi connectivity index (χ0) is 19.7. The molecule has 3 rings (SSSR count). The van der Waals surface area contributed by atoms with Gasteiger partial charge in [-0.1, -0.05) is 75.9 Å². The topological polar surface area (TPSA) is 37.3 Å². The molecule has 0 aromatic heterocycles. The number of aliphatic hydroxyl groups is 1. The van der Waals surface area contributed by atoms with Crippen LogP contribution in [0.2, 0.25) is 0 Å². The second-order valence-electron chi connectivity index (χ2n) is 8.60. The average molecular weight is 381 g/mol. The van der Waals surface area contributed by atoms with E-state index in [2.05, 4.69) is 51.7 Å². The molecule has 0 saturated heterocycles. The summed E-state index contributed by atoms with van der Waals surface area (Å²) in [6.45, 7) is 9.11. The van der Waals surface area contributed by atoms with Crippen molar-refractivity contribution in [3.63, 3.8) is 0 Å². The summed E-state index contributed by atoms with van der Waals surface area (Å²) < 4.78 is 12.2. The summed E-state index contributed by atoms with van der Waals surface area (Å²) in [4.78, 5) is 0.763. The molecule has 0 amide bonds. The van der Waals surface area contributed by atoms with Crippen molar-refractivity contribution in [2.24, 2.45) is 0 Å². The lowest BCUT2D eigenvalue weighted by atomic mass is 9.63. The quantitative estimate of drug-likeness (QED) is 0.771. The SMILES string of the molecule is CC1(C)CCC(C)(C)c2cc(C(O)C#CCS(=O)c3ccccc3)ccc21. The number of hydrogen-bond donors (Lipinski definition) is 1. The average Bonchev–Trinajstić information content (AvgIpc) is 2.66. The molecule has 2 unspecified atom stereocenters. The summed E-state index contributed by atoms with van der Waals surface area (Å²) >= 11 is 0. The minimum Gasteiger partial charge on any atom is -0.376 e. The van der Waals surface area contributed by atoms with Crippen LogP contribution in [0.5, 0.6) is 0 Å². The number of fused-ring (bicyclic) bond motifs is 1. The van der Waals surface area contributed by atoms with Crippen LogP contribution in [0, 0.1) is 11.8 Å². The van der Waals surface area contributed by atoms with Gasteiger partial charge in [0.1, 0.15) is 6.10 Å². The highest BCUT2D eigenvalue weighted by atomic mass is 32.2.